The molecule has 1 unspecified atom stereocenters. The summed E-state index contributed by atoms with van der Waals surface area (Å²) in [6.45, 7) is 0. The first kappa shape index (κ1) is 29.0. The summed E-state index contributed by atoms with van der Waals surface area (Å²) >= 11 is 3.69. The summed E-state index contributed by atoms with van der Waals surface area (Å²) in [6, 6.07) is 53.5. The van der Waals surface area contributed by atoms with Crippen LogP contribution in [0.5, 0.6) is 0 Å². The van der Waals surface area contributed by atoms with Crippen molar-refractivity contribution in [2.75, 3.05) is 0 Å². The standard InChI is InChI=1S/C44H28N4S2/c1-3-10-28(11-4-1)42-46-43(29-12-5-2-6-13-29)48-44(47-42)30-20-18-27(19-21-30)40-39-35-26-31(22-23-37(35)49-38(39)24-25-45-40)32-15-9-16-34-33-14-7-8-17-36(33)50-41(32)34/h1-26,42H,(H,46,47,48). The molecule has 0 aliphatic carbocycles. The van der Waals surface area contributed by atoms with E-state index in [-0.39, 0.29) is 6.17 Å². The number of thiophene rings is 2. The zero-order chi connectivity index (χ0) is 33.0. The zero-order valence-corrected chi connectivity index (χ0v) is 28.4. The van der Waals surface area contributed by atoms with E-state index in [0.29, 0.717) is 5.84 Å². The molecule has 6 heteroatoms. The molecule has 6 aromatic carbocycles. The van der Waals surface area contributed by atoms with Crippen LogP contribution in [0.15, 0.2) is 168 Å². The van der Waals surface area contributed by atoms with Gasteiger partial charge >= 0.3 is 0 Å². The monoisotopic (exact) mass is 676 g/mol. The van der Waals surface area contributed by atoms with Crippen molar-refractivity contribution in [2.24, 2.45) is 9.98 Å². The van der Waals surface area contributed by atoms with Crippen LogP contribution in [0.25, 0.3) is 62.7 Å². The zero-order valence-electron chi connectivity index (χ0n) is 26.7. The minimum atomic E-state index is -0.237. The van der Waals surface area contributed by atoms with Crippen molar-refractivity contribution in [2.45, 2.75) is 6.17 Å². The molecule has 10 rings (SSSR count). The van der Waals surface area contributed by atoms with Crippen LogP contribution in [0.4, 0.5) is 0 Å². The predicted molar refractivity (Wildman–Crippen MR) is 213 cm³/mol. The summed E-state index contributed by atoms with van der Waals surface area (Å²) in [4.78, 5) is 15.0. The third-order valence-corrected chi connectivity index (χ3v) is 11.8. The quantitative estimate of drug-likeness (QED) is 0.197. The van der Waals surface area contributed by atoms with Gasteiger partial charge in [0, 0.05) is 63.2 Å². The summed E-state index contributed by atoms with van der Waals surface area (Å²) in [5.74, 6) is 1.52. The Bertz CT molecular complexity index is 2780. The number of amidine groups is 2. The van der Waals surface area contributed by atoms with Crippen molar-refractivity contribution in [1.82, 2.24) is 10.3 Å². The second-order valence-electron chi connectivity index (χ2n) is 12.4. The number of aromatic nitrogens is 1. The lowest BCUT2D eigenvalue weighted by molar-refractivity contribution is 0.674. The summed E-state index contributed by atoms with van der Waals surface area (Å²) in [5, 5.41) is 8.60. The lowest BCUT2D eigenvalue weighted by Crippen LogP contribution is -2.33. The highest BCUT2D eigenvalue weighted by Gasteiger charge is 2.21. The highest BCUT2D eigenvalue weighted by atomic mass is 32.1. The maximum atomic E-state index is 5.06. The van der Waals surface area contributed by atoms with Crippen LogP contribution < -0.4 is 5.32 Å². The molecule has 0 bridgehead atoms. The molecule has 1 atom stereocenters. The highest BCUT2D eigenvalue weighted by Crippen LogP contribution is 2.44. The Balaban J connectivity index is 1.06. The Hall–Kier alpha value is -5.95. The maximum absolute atomic E-state index is 5.06. The summed E-state index contributed by atoms with van der Waals surface area (Å²) in [5.41, 5.74) is 7.63. The van der Waals surface area contributed by atoms with Gasteiger partial charge in [-0.1, -0.05) is 127 Å². The molecule has 3 aromatic heterocycles. The molecule has 4 nitrogen and oxygen atoms in total. The maximum Gasteiger partial charge on any atom is 0.159 e. The lowest BCUT2D eigenvalue weighted by Gasteiger charge is -2.23. The summed E-state index contributed by atoms with van der Waals surface area (Å²) in [6.07, 6.45) is 1.69. The van der Waals surface area contributed by atoms with Gasteiger partial charge in [-0.2, -0.15) is 0 Å². The van der Waals surface area contributed by atoms with Crippen LogP contribution >= 0.6 is 22.7 Å². The van der Waals surface area contributed by atoms with E-state index >= 15 is 0 Å². The van der Waals surface area contributed by atoms with Crippen LogP contribution in [-0.4, -0.2) is 16.7 Å². The van der Waals surface area contributed by atoms with E-state index in [4.69, 9.17) is 15.0 Å². The molecule has 4 heterocycles. The predicted octanol–water partition coefficient (Wildman–Crippen LogP) is 11.6. The van der Waals surface area contributed by atoms with Crippen molar-refractivity contribution < 1.29 is 0 Å². The molecule has 0 saturated carbocycles. The Morgan fingerprint density at radius 3 is 2.10 bits per heavy atom. The second kappa shape index (κ2) is 11.9. The van der Waals surface area contributed by atoms with Gasteiger partial charge in [-0.3, -0.25) is 4.98 Å². The Morgan fingerprint density at radius 2 is 1.24 bits per heavy atom. The van der Waals surface area contributed by atoms with Gasteiger partial charge in [0.05, 0.1) is 5.69 Å². The van der Waals surface area contributed by atoms with Crippen LogP contribution in [0.3, 0.4) is 0 Å². The van der Waals surface area contributed by atoms with E-state index in [2.05, 4.69) is 121 Å². The number of aliphatic imine (C=N–C) groups is 2. The number of nitrogens with one attached hydrogen (secondary N) is 1. The molecule has 1 aliphatic heterocycles. The van der Waals surface area contributed by atoms with E-state index in [0.717, 1.165) is 33.8 Å². The number of hydrogen-bond donors (Lipinski definition) is 1. The average Bonchev–Trinajstić information content (AvgIpc) is 3.77. The molecular formula is C44H28N4S2. The molecule has 1 N–H and O–H groups in total. The topological polar surface area (TPSA) is 49.6 Å². The molecule has 9 aromatic rings. The fourth-order valence-corrected chi connectivity index (χ4v) is 9.31. The van der Waals surface area contributed by atoms with Gasteiger partial charge in [0.1, 0.15) is 12.0 Å². The molecule has 0 spiro atoms. The van der Waals surface area contributed by atoms with E-state index in [1.165, 1.54) is 51.5 Å². The number of hydrogen-bond acceptors (Lipinski definition) is 6. The first-order valence-corrected chi connectivity index (χ1v) is 18.3. The molecular weight excluding hydrogens is 649 g/mol. The summed E-state index contributed by atoms with van der Waals surface area (Å²) in [7, 11) is 0. The van der Waals surface area contributed by atoms with Crippen LogP contribution in [0.1, 0.15) is 22.9 Å². The largest absolute Gasteiger partial charge is 0.344 e. The van der Waals surface area contributed by atoms with E-state index in [1.807, 2.05) is 65.3 Å². The number of fused-ring (bicyclic) bond motifs is 6. The third kappa shape index (κ3) is 4.92. The molecule has 0 amide bonds. The fraction of sp³-hybridized carbons (Fsp3) is 0.0227. The van der Waals surface area contributed by atoms with Gasteiger partial charge in [0.2, 0.25) is 0 Å². The molecule has 50 heavy (non-hydrogen) atoms. The number of pyridine rings is 1. The third-order valence-electron chi connectivity index (χ3n) is 9.42. The lowest BCUT2D eigenvalue weighted by atomic mass is 9.99. The van der Waals surface area contributed by atoms with E-state index < -0.39 is 0 Å². The minimum Gasteiger partial charge on any atom is -0.344 e. The smallest absolute Gasteiger partial charge is 0.159 e. The van der Waals surface area contributed by atoms with E-state index in [9.17, 15) is 0 Å². The molecule has 1 aliphatic rings. The van der Waals surface area contributed by atoms with Gasteiger partial charge in [0.25, 0.3) is 0 Å². The Kier molecular flexibility index (Phi) is 6.89. The van der Waals surface area contributed by atoms with Crippen molar-refractivity contribution in [3.8, 4) is 22.4 Å². The second-order valence-corrected chi connectivity index (χ2v) is 14.6. The van der Waals surface area contributed by atoms with Crippen molar-refractivity contribution in [1.29, 1.82) is 0 Å². The first-order valence-electron chi connectivity index (χ1n) is 16.6. The van der Waals surface area contributed by atoms with Gasteiger partial charge < -0.3 is 5.32 Å². The average molecular weight is 677 g/mol. The molecule has 0 fully saturated rings. The Labute approximate surface area is 296 Å². The van der Waals surface area contributed by atoms with Crippen molar-refractivity contribution in [3.05, 3.63) is 175 Å². The van der Waals surface area contributed by atoms with Gasteiger partial charge in [-0.05, 0) is 41.0 Å². The van der Waals surface area contributed by atoms with E-state index in [1.54, 1.807) is 0 Å². The van der Waals surface area contributed by atoms with Crippen LogP contribution in [-0.2, 0) is 0 Å². The minimum absolute atomic E-state index is 0.237. The Morgan fingerprint density at radius 1 is 0.520 bits per heavy atom. The first-order chi connectivity index (χ1) is 24.8. The molecule has 0 radical (unpaired) electrons. The van der Waals surface area contributed by atoms with Gasteiger partial charge in [-0.15, -0.1) is 22.7 Å². The van der Waals surface area contributed by atoms with Gasteiger partial charge in [-0.25, -0.2) is 9.98 Å². The summed E-state index contributed by atoms with van der Waals surface area (Å²) < 4.78 is 5.14. The normalized spacial score (nSPS) is 14.6. The molecule has 236 valence electrons. The highest BCUT2D eigenvalue weighted by molar-refractivity contribution is 7.26. The van der Waals surface area contributed by atoms with Crippen LogP contribution in [0, 0.1) is 0 Å². The molecule has 0 saturated heterocycles. The van der Waals surface area contributed by atoms with Gasteiger partial charge in [0.15, 0.2) is 5.84 Å². The van der Waals surface area contributed by atoms with Crippen molar-refractivity contribution >= 4 is 74.7 Å². The fourth-order valence-electron chi connectivity index (χ4n) is 6.99. The van der Waals surface area contributed by atoms with Crippen LogP contribution in [0.2, 0.25) is 0 Å². The number of nitrogens with zero attached hydrogens (tertiary/aromatic N) is 3. The van der Waals surface area contributed by atoms with Crippen molar-refractivity contribution in [3.63, 3.8) is 0 Å². The number of rotatable bonds is 5. The SMILES string of the molecule is c1ccc(C2=NC(c3ccc(-c4nccc5sc6ccc(-c7cccc8c7sc7ccccc78)cc6c45)cc3)=NC(c3ccccc3)N2)cc1. The number of benzene rings is 6.